The summed E-state index contributed by atoms with van der Waals surface area (Å²) in [5, 5.41) is 14.6. The molecule has 0 aliphatic carbocycles. The fraction of sp³-hybridized carbons (Fsp3) is 0.579. The maximum Gasteiger partial charge on any atom is 0.251 e. The van der Waals surface area contributed by atoms with Gasteiger partial charge in [0.15, 0.2) is 17.3 Å². The molecule has 2 rings (SSSR count). The Morgan fingerprint density at radius 2 is 1.68 bits per heavy atom. The van der Waals surface area contributed by atoms with Gasteiger partial charge in [-0.2, -0.15) is 0 Å². The summed E-state index contributed by atoms with van der Waals surface area (Å²) in [6.07, 6.45) is 0.532. The summed E-state index contributed by atoms with van der Waals surface area (Å²) in [5.41, 5.74) is 0.443. The second-order valence-electron chi connectivity index (χ2n) is 6.24. The number of hydrogen-bond donors (Lipinski definition) is 1. The Balaban J connectivity index is 2.13. The van der Waals surface area contributed by atoms with Crippen LogP contribution in [0.1, 0.15) is 56.8 Å². The molecule has 1 N–H and O–H groups in total. The molecule has 9 nitrogen and oxygen atoms in total. The number of aromatic nitrogens is 4. The van der Waals surface area contributed by atoms with Crippen molar-refractivity contribution in [1.29, 1.82) is 0 Å². The molecule has 0 unspecified atom stereocenters. The van der Waals surface area contributed by atoms with E-state index in [1.807, 2.05) is 34.6 Å². The van der Waals surface area contributed by atoms with Crippen LogP contribution in [-0.4, -0.2) is 52.5 Å². The summed E-state index contributed by atoms with van der Waals surface area (Å²) in [6.45, 7) is 11.4. The van der Waals surface area contributed by atoms with Crippen LogP contribution in [0.3, 0.4) is 0 Å². The summed E-state index contributed by atoms with van der Waals surface area (Å²) >= 11 is 0. The summed E-state index contributed by atoms with van der Waals surface area (Å²) in [4.78, 5) is 12.7. The minimum Gasteiger partial charge on any atom is -0.490 e. The van der Waals surface area contributed by atoms with Gasteiger partial charge in [0.1, 0.15) is 0 Å². The number of hydrogen-bond acceptors (Lipinski definition) is 7. The van der Waals surface area contributed by atoms with Crippen molar-refractivity contribution >= 4 is 5.91 Å². The molecule has 0 bridgehead atoms. The number of carbonyl (C=O) groups excluding carboxylic acids is 1. The number of carbonyl (C=O) groups is 1. The third kappa shape index (κ3) is 5.34. The Morgan fingerprint density at radius 3 is 2.21 bits per heavy atom. The monoisotopic (exact) mass is 391 g/mol. The molecule has 0 saturated carbocycles. The van der Waals surface area contributed by atoms with Crippen molar-refractivity contribution in [1.82, 2.24) is 25.5 Å². The van der Waals surface area contributed by atoms with Gasteiger partial charge in [-0.3, -0.25) is 4.79 Å². The van der Waals surface area contributed by atoms with Crippen LogP contribution in [0, 0.1) is 0 Å². The van der Waals surface area contributed by atoms with Crippen molar-refractivity contribution in [2.45, 2.75) is 47.1 Å². The second-order valence-corrected chi connectivity index (χ2v) is 6.24. The molecule has 0 saturated heterocycles. The molecular weight excluding hydrogens is 362 g/mol. The van der Waals surface area contributed by atoms with Crippen LogP contribution in [-0.2, 0) is 6.42 Å². The molecule has 28 heavy (non-hydrogen) atoms. The molecule has 0 aliphatic rings. The van der Waals surface area contributed by atoms with E-state index in [2.05, 4.69) is 20.8 Å². The number of rotatable bonds is 11. The highest BCUT2D eigenvalue weighted by atomic mass is 16.5. The van der Waals surface area contributed by atoms with Crippen LogP contribution in [0.4, 0.5) is 0 Å². The Hall–Kier alpha value is -2.84. The third-order valence-electron chi connectivity index (χ3n) is 3.86. The van der Waals surface area contributed by atoms with E-state index in [0.717, 1.165) is 5.82 Å². The van der Waals surface area contributed by atoms with Crippen LogP contribution < -0.4 is 19.5 Å². The van der Waals surface area contributed by atoms with Gasteiger partial charge in [0.2, 0.25) is 5.75 Å². The third-order valence-corrected chi connectivity index (χ3v) is 3.86. The van der Waals surface area contributed by atoms with E-state index in [4.69, 9.17) is 14.2 Å². The summed E-state index contributed by atoms with van der Waals surface area (Å²) in [6, 6.07) is 3.50. The van der Waals surface area contributed by atoms with Gasteiger partial charge < -0.3 is 19.5 Å². The Morgan fingerprint density at radius 1 is 1.07 bits per heavy atom. The highest BCUT2D eigenvalue weighted by Crippen LogP contribution is 2.39. The molecule has 1 aromatic heterocycles. The lowest BCUT2D eigenvalue weighted by atomic mass is 10.1. The highest BCUT2D eigenvalue weighted by molar-refractivity contribution is 5.95. The van der Waals surface area contributed by atoms with Crippen LogP contribution >= 0.6 is 0 Å². The smallest absolute Gasteiger partial charge is 0.251 e. The van der Waals surface area contributed by atoms with E-state index in [1.165, 1.54) is 0 Å². The van der Waals surface area contributed by atoms with Crippen molar-refractivity contribution < 1.29 is 19.0 Å². The largest absolute Gasteiger partial charge is 0.490 e. The Bertz CT molecular complexity index is 748. The van der Waals surface area contributed by atoms with E-state index in [0.29, 0.717) is 55.6 Å². The summed E-state index contributed by atoms with van der Waals surface area (Å²) < 4.78 is 18.7. The van der Waals surface area contributed by atoms with Crippen LogP contribution in [0.5, 0.6) is 17.2 Å². The number of benzene rings is 1. The lowest BCUT2D eigenvalue weighted by Crippen LogP contribution is -2.27. The predicted molar refractivity (Wildman–Crippen MR) is 104 cm³/mol. The summed E-state index contributed by atoms with van der Waals surface area (Å²) in [7, 11) is 0. The van der Waals surface area contributed by atoms with Gasteiger partial charge in [-0.15, -0.1) is 5.10 Å². The van der Waals surface area contributed by atoms with E-state index in [1.54, 1.807) is 16.8 Å². The van der Waals surface area contributed by atoms with E-state index in [-0.39, 0.29) is 11.9 Å². The zero-order valence-corrected chi connectivity index (χ0v) is 17.2. The van der Waals surface area contributed by atoms with Crippen molar-refractivity contribution in [3.05, 3.63) is 23.5 Å². The average Bonchev–Trinajstić information content (AvgIpc) is 3.13. The molecule has 0 aliphatic heterocycles. The van der Waals surface area contributed by atoms with Gasteiger partial charge in [0, 0.05) is 18.5 Å². The van der Waals surface area contributed by atoms with Crippen LogP contribution in [0.2, 0.25) is 0 Å². The van der Waals surface area contributed by atoms with E-state index >= 15 is 0 Å². The maximum atomic E-state index is 12.7. The Kier molecular flexibility index (Phi) is 8.03. The average molecular weight is 391 g/mol. The highest BCUT2D eigenvalue weighted by Gasteiger charge is 2.18. The number of tetrazole rings is 1. The van der Waals surface area contributed by atoms with Gasteiger partial charge in [0.25, 0.3) is 5.91 Å². The molecule has 0 spiro atoms. The first-order valence-corrected chi connectivity index (χ1v) is 9.63. The minimum absolute atomic E-state index is 0.161. The summed E-state index contributed by atoms with van der Waals surface area (Å²) in [5.74, 6) is 1.99. The number of nitrogens with zero attached hydrogens (tertiary/aromatic N) is 4. The fourth-order valence-corrected chi connectivity index (χ4v) is 2.69. The van der Waals surface area contributed by atoms with Gasteiger partial charge in [0.05, 0.1) is 25.9 Å². The van der Waals surface area contributed by atoms with Crippen molar-refractivity contribution in [2.24, 2.45) is 0 Å². The molecule has 1 amide bonds. The molecular formula is C19H29N5O4. The molecule has 154 valence electrons. The molecule has 2 aromatic rings. The quantitative estimate of drug-likeness (QED) is 0.628. The lowest BCUT2D eigenvalue weighted by Gasteiger charge is -2.17. The lowest BCUT2D eigenvalue weighted by molar-refractivity contribution is 0.0952. The van der Waals surface area contributed by atoms with Gasteiger partial charge in [-0.25, -0.2) is 4.68 Å². The first-order valence-electron chi connectivity index (χ1n) is 9.63. The molecule has 0 atom stereocenters. The van der Waals surface area contributed by atoms with Crippen LogP contribution in [0.25, 0.3) is 0 Å². The SMILES string of the molecule is CCOc1cc(C(=O)NCCc2nnnn2C(C)C)cc(OCC)c1OCC. The molecule has 0 radical (unpaired) electrons. The molecule has 0 fully saturated rings. The normalized spacial score (nSPS) is 10.8. The maximum absolute atomic E-state index is 12.7. The number of amides is 1. The first kappa shape index (κ1) is 21.5. The molecule has 1 heterocycles. The van der Waals surface area contributed by atoms with Crippen molar-refractivity contribution in [3.63, 3.8) is 0 Å². The topological polar surface area (TPSA) is 100 Å². The van der Waals surface area contributed by atoms with Gasteiger partial charge >= 0.3 is 0 Å². The standard InChI is InChI=1S/C19H29N5O4/c1-6-26-15-11-14(12-16(27-7-2)18(15)28-8-3)19(25)20-10-9-17-21-22-23-24(17)13(4)5/h11-13H,6-10H2,1-5H3,(H,20,25). The van der Waals surface area contributed by atoms with Crippen molar-refractivity contribution in [3.8, 4) is 17.2 Å². The predicted octanol–water partition coefficient (Wildman–Crippen LogP) is 2.42. The minimum atomic E-state index is -0.228. The first-order chi connectivity index (χ1) is 13.5. The second kappa shape index (κ2) is 10.5. The molecule has 9 heteroatoms. The van der Waals surface area contributed by atoms with Crippen molar-refractivity contribution in [2.75, 3.05) is 26.4 Å². The fourth-order valence-electron chi connectivity index (χ4n) is 2.69. The zero-order chi connectivity index (χ0) is 20.5. The van der Waals surface area contributed by atoms with Gasteiger partial charge in [-0.1, -0.05) is 0 Å². The van der Waals surface area contributed by atoms with E-state index < -0.39 is 0 Å². The van der Waals surface area contributed by atoms with Crippen LogP contribution in [0.15, 0.2) is 12.1 Å². The number of nitrogens with one attached hydrogen (secondary N) is 1. The zero-order valence-electron chi connectivity index (χ0n) is 17.2. The number of ether oxygens (including phenoxy) is 3. The Labute approximate surface area is 165 Å². The van der Waals surface area contributed by atoms with E-state index in [9.17, 15) is 4.79 Å². The molecule has 1 aromatic carbocycles. The van der Waals surface area contributed by atoms with Gasteiger partial charge in [-0.05, 0) is 57.2 Å².